The second kappa shape index (κ2) is 8.18. The number of hydrogen-bond acceptors (Lipinski definition) is 5. The van der Waals surface area contributed by atoms with Crippen molar-refractivity contribution in [2.24, 2.45) is 0 Å². The van der Waals surface area contributed by atoms with Gasteiger partial charge in [-0.25, -0.2) is 8.42 Å². The zero-order valence-corrected chi connectivity index (χ0v) is 15.9. The number of ether oxygens (including phenoxy) is 1. The summed E-state index contributed by atoms with van der Waals surface area (Å²) in [4.78, 5) is 1.09. The minimum atomic E-state index is -5.45. The molecular formula is C18H21F3N2O3S. The zero-order valence-electron chi connectivity index (χ0n) is 15.1. The molecule has 1 N–H and O–H groups in total. The molecule has 148 valence electrons. The van der Waals surface area contributed by atoms with Crippen LogP contribution in [0.15, 0.2) is 53.4 Å². The molecule has 0 saturated heterocycles. The Morgan fingerprint density at radius 1 is 1.11 bits per heavy atom. The van der Waals surface area contributed by atoms with Gasteiger partial charge < -0.3 is 15.0 Å². The van der Waals surface area contributed by atoms with Crippen molar-refractivity contribution in [3.8, 4) is 5.75 Å². The Morgan fingerprint density at radius 3 is 2.37 bits per heavy atom. The minimum absolute atomic E-state index is 0.0930. The molecule has 0 aliphatic rings. The Kier molecular flexibility index (Phi) is 6.38. The highest BCUT2D eigenvalue weighted by atomic mass is 32.2. The summed E-state index contributed by atoms with van der Waals surface area (Å²) < 4.78 is 67.6. The van der Waals surface area contributed by atoms with Crippen LogP contribution in [0.5, 0.6) is 5.75 Å². The first kappa shape index (κ1) is 21.0. The van der Waals surface area contributed by atoms with Crippen LogP contribution in [0.3, 0.4) is 0 Å². The third-order valence-electron chi connectivity index (χ3n) is 4.07. The quantitative estimate of drug-likeness (QED) is 0.765. The van der Waals surface area contributed by atoms with E-state index in [4.69, 9.17) is 4.74 Å². The number of sulfone groups is 1. The average molecular weight is 402 g/mol. The molecule has 0 aliphatic carbocycles. The van der Waals surface area contributed by atoms with Crippen LogP contribution < -0.4 is 10.1 Å². The second-order valence-corrected chi connectivity index (χ2v) is 7.99. The van der Waals surface area contributed by atoms with E-state index in [-0.39, 0.29) is 18.3 Å². The molecule has 0 heterocycles. The fourth-order valence-electron chi connectivity index (χ4n) is 2.63. The number of para-hydroxylation sites is 1. The van der Waals surface area contributed by atoms with E-state index in [1.165, 1.54) is 18.2 Å². The van der Waals surface area contributed by atoms with Gasteiger partial charge in [0.15, 0.2) is 0 Å². The van der Waals surface area contributed by atoms with Crippen molar-refractivity contribution < 1.29 is 26.3 Å². The van der Waals surface area contributed by atoms with Crippen molar-refractivity contribution >= 4 is 15.5 Å². The van der Waals surface area contributed by atoms with E-state index >= 15 is 0 Å². The first-order valence-electron chi connectivity index (χ1n) is 8.02. The molecule has 2 aromatic rings. The molecule has 1 atom stereocenters. The van der Waals surface area contributed by atoms with Crippen LogP contribution in [-0.2, 0) is 9.84 Å². The number of likely N-dealkylation sites (N-methyl/N-ethyl adjacent to an activating group) is 1. The second-order valence-electron chi connectivity index (χ2n) is 6.08. The Balaban J connectivity index is 2.32. The molecule has 0 amide bonds. The molecular weight excluding hydrogens is 381 g/mol. The molecule has 27 heavy (non-hydrogen) atoms. The highest BCUT2D eigenvalue weighted by molar-refractivity contribution is 7.92. The summed E-state index contributed by atoms with van der Waals surface area (Å²) in [7, 11) is -0.258. The van der Waals surface area contributed by atoms with Crippen molar-refractivity contribution in [2.75, 3.05) is 33.1 Å². The lowest BCUT2D eigenvalue weighted by Crippen LogP contribution is -2.28. The Morgan fingerprint density at radius 2 is 1.78 bits per heavy atom. The minimum Gasteiger partial charge on any atom is -0.497 e. The number of hydrogen-bond donors (Lipinski definition) is 1. The predicted molar refractivity (Wildman–Crippen MR) is 97.6 cm³/mol. The van der Waals surface area contributed by atoms with Gasteiger partial charge in [0.2, 0.25) is 0 Å². The van der Waals surface area contributed by atoms with Gasteiger partial charge in [0.25, 0.3) is 9.84 Å². The summed E-state index contributed by atoms with van der Waals surface area (Å²) in [6, 6.07) is 12.1. The normalized spacial score (nSPS) is 13.4. The van der Waals surface area contributed by atoms with Crippen molar-refractivity contribution in [3.63, 3.8) is 0 Å². The van der Waals surface area contributed by atoms with Gasteiger partial charge in [-0.05, 0) is 43.9 Å². The van der Waals surface area contributed by atoms with E-state index in [2.05, 4.69) is 5.32 Å². The predicted octanol–water partition coefficient (Wildman–Crippen LogP) is 3.70. The molecule has 5 nitrogen and oxygen atoms in total. The van der Waals surface area contributed by atoms with Crippen molar-refractivity contribution in [3.05, 3.63) is 54.1 Å². The molecule has 0 saturated carbocycles. The number of nitrogens with one attached hydrogen (secondary N) is 1. The smallest absolute Gasteiger partial charge is 0.497 e. The molecule has 0 radical (unpaired) electrons. The third-order valence-corrected chi connectivity index (χ3v) is 5.61. The first-order chi connectivity index (χ1) is 12.6. The summed E-state index contributed by atoms with van der Waals surface area (Å²) in [5.74, 6) is 0.652. The van der Waals surface area contributed by atoms with E-state index in [9.17, 15) is 21.6 Å². The topological polar surface area (TPSA) is 58.6 Å². The van der Waals surface area contributed by atoms with Gasteiger partial charge in [0.1, 0.15) is 5.75 Å². The molecule has 0 aromatic heterocycles. The number of methoxy groups -OCH3 is 1. The maximum absolute atomic E-state index is 12.9. The first-order valence-corrected chi connectivity index (χ1v) is 9.51. The fourth-order valence-corrected chi connectivity index (χ4v) is 3.56. The van der Waals surface area contributed by atoms with Crippen LogP contribution >= 0.6 is 0 Å². The van der Waals surface area contributed by atoms with Crippen LogP contribution in [0, 0.1) is 0 Å². The lowest BCUT2D eigenvalue weighted by molar-refractivity contribution is -0.0435. The summed E-state index contributed by atoms with van der Waals surface area (Å²) in [5.41, 5.74) is -4.58. The molecule has 0 aliphatic heterocycles. The van der Waals surface area contributed by atoms with Crippen LogP contribution in [0.2, 0.25) is 0 Å². The molecule has 2 rings (SSSR count). The number of benzene rings is 2. The van der Waals surface area contributed by atoms with Gasteiger partial charge in [-0.3, -0.25) is 0 Å². The molecule has 0 spiro atoms. The summed E-state index contributed by atoms with van der Waals surface area (Å²) >= 11 is 0. The van der Waals surface area contributed by atoms with Crippen LogP contribution in [0.4, 0.5) is 18.9 Å². The van der Waals surface area contributed by atoms with E-state index in [0.717, 1.165) is 11.6 Å². The number of alkyl halides is 3. The highest BCUT2D eigenvalue weighted by Gasteiger charge is 2.47. The number of anilines is 1. The number of halogens is 3. The van der Waals surface area contributed by atoms with Gasteiger partial charge >= 0.3 is 5.51 Å². The summed E-state index contributed by atoms with van der Waals surface area (Å²) in [5, 5.41) is 2.85. The summed E-state index contributed by atoms with van der Waals surface area (Å²) in [6.07, 6.45) is 0. The average Bonchev–Trinajstić information content (AvgIpc) is 2.61. The zero-order chi connectivity index (χ0) is 20.2. The molecule has 9 heteroatoms. The third kappa shape index (κ3) is 4.72. The SMILES string of the molecule is COc1cccc([C@H](CNc2ccccc2S(=O)(=O)C(F)(F)F)N(C)C)c1. The van der Waals surface area contributed by atoms with Gasteiger partial charge in [-0.15, -0.1) is 0 Å². The van der Waals surface area contributed by atoms with Crippen LogP contribution in [0.1, 0.15) is 11.6 Å². The Bertz CT molecular complexity index is 883. The number of rotatable bonds is 7. The molecule has 2 aromatic carbocycles. The van der Waals surface area contributed by atoms with Gasteiger partial charge in [0.05, 0.1) is 23.7 Å². The molecule has 0 unspecified atom stereocenters. The van der Waals surface area contributed by atoms with E-state index in [1.807, 2.05) is 37.2 Å². The van der Waals surface area contributed by atoms with Crippen LogP contribution in [-0.4, -0.2) is 46.6 Å². The Hall–Kier alpha value is -2.26. The molecule has 0 bridgehead atoms. The Labute approximate surface area is 156 Å². The van der Waals surface area contributed by atoms with E-state index in [1.54, 1.807) is 13.2 Å². The van der Waals surface area contributed by atoms with Crippen molar-refractivity contribution in [2.45, 2.75) is 16.4 Å². The van der Waals surface area contributed by atoms with Gasteiger partial charge in [0, 0.05) is 6.54 Å². The lowest BCUT2D eigenvalue weighted by atomic mass is 10.1. The van der Waals surface area contributed by atoms with Crippen molar-refractivity contribution in [1.29, 1.82) is 0 Å². The van der Waals surface area contributed by atoms with Crippen LogP contribution in [0.25, 0.3) is 0 Å². The summed E-state index contributed by atoms with van der Waals surface area (Å²) in [6.45, 7) is 0.199. The molecule has 0 fully saturated rings. The van der Waals surface area contributed by atoms with E-state index < -0.39 is 20.2 Å². The number of nitrogens with zero attached hydrogens (tertiary/aromatic N) is 1. The van der Waals surface area contributed by atoms with Gasteiger partial charge in [-0.2, -0.15) is 13.2 Å². The fraction of sp³-hybridized carbons (Fsp3) is 0.333. The van der Waals surface area contributed by atoms with Crippen molar-refractivity contribution in [1.82, 2.24) is 4.90 Å². The lowest BCUT2D eigenvalue weighted by Gasteiger charge is -2.26. The maximum Gasteiger partial charge on any atom is 0.501 e. The maximum atomic E-state index is 12.9. The van der Waals surface area contributed by atoms with Gasteiger partial charge in [-0.1, -0.05) is 24.3 Å². The van der Waals surface area contributed by atoms with E-state index in [0.29, 0.717) is 5.75 Å². The standard InChI is InChI=1S/C18H21F3N2O3S/c1-23(2)16(13-7-6-8-14(11-13)26-3)12-22-15-9-4-5-10-17(15)27(24,25)18(19,20)21/h4-11,16,22H,12H2,1-3H3/t16-/m0/s1. The highest BCUT2D eigenvalue weighted by Crippen LogP contribution is 2.34. The monoisotopic (exact) mass is 402 g/mol. The largest absolute Gasteiger partial charge is 0.501 e.